The van der Waals surface area contributed by atoms with Gasteiger partial charge in [-0.3, -0.25) is 0 Å². The molecule has 4 fully saturated rings. The van der Waals surface area contributed by atoms with Gasteiger partial charge in [0.15, 0.2) is 11.8 Å². The van der Waals surface area contributed by atoms with Crippen LogP contribution in [0.15, 0.2) is 35.6 Å². The standard InChI is InChI=1S/C32H50ClN2/c1-31(2)24-14-7-9-16-26(24)34(5)28(31)20-18-22-12-11-13-23(30(22)33)19-21-29-32(3,4)25-15-8-10-17-27(25)35(29)6/h18-22,24-27,30H,7-17H2,1-6H3/q+1. The zero-order valence-corrected chi connectivity index (χ0v) is 24.1. The van der Waals surface area contributed by atoms with Gasteiger partial charge in [0.1, 0.15) is 7.05 Å². The lowest BCUT2D eigenvalue weighted by Crippen LogP contribution is -2.34. The van der Waals surface area contributed by atoms with E-state index in [1.807, 2.05) is 0 Å². The van der Waals surface area contributed by atoms with Crippen LogP contribution in [0.2, 0.25) is 0 Å². The van der Waals surface area contributed by atoms with Crippen molar-refractivity contribution in [2.75, 3.05) is 14.1 Å². The molecule has 194 valence electrons. The van der Waals surface area contributed by atoms with E-state index in [0.717, 1.165) is 30.3 Å². The Hall–Kier alpha value is -1.02. The van der Waals surface area contributed by atoms with Gasteiger partial charge in [-0.2, -0.15) is 0 Å². The number of rotatable bonds is 3. The van der Waals surface area contributed by atoms with Gasteiger partial charge in [-0.05, 0) is 76.7 Å². The molecule has 2 nitrogen and oxygen atoms in total. The second-order valence-electron chi connectivity index (χ2n) is 13.6. The Labute approximate surface area is 220 Å². The van der Waals surface area contributed by atoms with Crippen LogP contribution in [0.5, 0.6) is 0 Å². The van der Waals surface area contributed by atoms with Crippen LogP contribution in [0.25, 0.3) is 0 Å². The molecular formula is C32H50ClN2+. The van der Waals surface area contributed by atoms with E-state index < -0.39 is 0 Å². The number of allylic oxidation sites excluding steroid dienone is 6. The van der Waals surface area contributed by atoms with Crippen LogP contribution in [0, 0.1) is 28.6 Å². The van der Waals surface area contributed by atoms with E-state index in [1.54, 1.807) is 0 Å². The summed E-state index contributed by atoms with van der Waals surface area (Å²) >= 11 is 7.19. The second kappa shape index (κ2) is 9.70. The molecule has 2 heterocycles. The first-order chi connectivity index (χ1) is 16.6. The Morgan fingerprint density at radius 3 is 2.26 bits per heavy atom. The Balaban J connectivity index is 1.34. The van der Waals surface area contributed by atoms with Crippen molar-refractivity contribution >= 4 is 17.3 Å². The lowest BCUT2D eigenvalue weighted by atomic mass is 9.69. The highest BCUT2D eigenvalue weighted by molar-refractivity contribution is 6.22. The molecule has 3 saturated carbocycles. The maximum Gasteiger partial charge on any atom is 0.181 e. The lowest BCUT2D eigenvalue weighted by molar-refractivity contribution is -0.538. The third-order valence-corrected chi connectivity index (χ3v) is 11.7. The molecule has 6 atom stereocenters. The number of hydrogen-bond donors (Lipinski definition) is 0. The Morgan fingerprint density at radius 2 is 1.54 bits per heavy atom. The summed E-state index contributed by atoms with van der Waals surface area (Å²) in [5, 5.41) is 0.117. The van der Waals surface area contributed by atoms with Crippen molar-refractivity contribution in [2.45, 2.75) is 116 Å². The molecular weight excluding hydrogens is 448 g/mol. The molecule has 6 unspecified atom stereocenters. The molecule has 0 aromatic carbocycles. The van der Waals surface area contributed by atoms with Gasteiger partial charge in [-0.15, -0.1) is 11.6 Å². The second-order valence-corrected chi connectivity index (χ2v) is 14.0. The molecule has 0 N–H and O–H groups in total. The van der Waals surface area contributed by atoms with Crippen molar-refractivity contribution in [1.29, 1.82) is 0 Å². The minimum Gasteiger partial charge on any atom is -0.374 e. The average molecular weight is 498 g/mol. The number of hydrogen-bond acceptors (Lipinski definition) is 1. The van der Waals surface area contributed by atoms with Gasteiger partial charge in [0.05, 0.1) is 10.8 Å². The highest BCUT2D eigenvalue weighted by Crippen LogP contribution is 2.53. The van der Waals surface area contributed by atoms with Gasteiger partial charge in [0.2, 0.25) is 0 Å². The van der Waals surface area contributed by atoms with Crippen molar-refractivity contribution in [1.82, 2.24) is 4.90 Å². The summed E-state index contributed by atoms with van der Waals surface area (Å²) in [6.45, 7) is 9.91. The third kappa shape index (κ3) is 4.38. The van der Waals surface area contributed by atoms with Gasteiger partial charge in [-0.25, -0.2) is 4.58 Å². The molecule has 0 bridgehead atoms. The SMILES string of the molecule is CN1C(=CC=C2CCCC(C=CC3=[N+](C)C4CCCCC4C3(C)C)C2Cl)C(C)(C)C2CCCCC21. The fraction of sp³-hybridized carbons (Fsp3) is 0.781. The van der Waals surface area contributed by atoms with Crippen molar-refractivity contribution in [3.05, 3.63) is 35.6 Å². The first kappa shape index (κ1) is 25.6. The third-order valence-electron chi connectivity index (χ3n) is 11.1. The van der Waals surface area contributed by atoms with E-state index in [2.05, 4.69) is 75.6 Å². The number of fused-ring (bicyclic) bond motifs is 2. The van der Waals surface area contributed by atoms with Gasteiger partial charge >= 0.3 is 0 Å². The topological polar surface area (TPSA) is 6.25 Å². The lowest BCUT2D eigenvalue weighted by Gasteiger charge is -2.33. The van der Waals surface area contributed by atoms with Crippen molar-refractivity contribution in [3.63, 3.8) is 0 Å². The predicted molar refractivity (Wildman–Crippen MR) is 150 cm³/mol. The normalized spacial score (nSPS) is 41.2. The first-order valence-electron chi connectivity index (χ1n) is 14.7. The van der Waals surface area contributed by atoms with Crippen LogP contribution in [0.1, 0.15) is 98.3 Å². The smallest absolute Gasteiger partial charge is 0.181 e. The number of nitrogens with zero attached hydrogens (tertiary/aromatic N) is 2. The van der Waals surface area contributed by atoms with Crippen LogP contribution >= 0.6 is 11.6 Å². The maximum absolute atomic E-state index is 7.19. The number of alkyl halides is 1. The quantitative estimate of drug-likeness (QED) is 0.283. The highest BCUT2D eigenvalue weighted by Gasteiger charge is 2.53. The van der Waals surface area contributed by atoms with E-state index in [4.69, 9.17) is 11.6 Å². The minimum absolute atomic E-state index is 0.117. The van der Waals surface area contributed by atoms with Gasteiger partial charge < -0.3 is 4.90 Å². The molecule has 5 aliphatic rings. The molecule has 3 aliphatic carbocycles. The molecule has 0 radical (unpaired) electrons. The monoisotopic (exact) mass is 497 g/mol. The van der Waals surface area contributed by atoms with E-state index in [0.29, 0.717) is 5.92 Å². The molecule has 1 saturated heterocycles. The number of likely N-dealkylation sites (tertiary alicyclic amines) is 1. The van der Waals surface area contributed by atoms with Crippen molar-refractivity contribution < 1.29 is 4.58 Å². The predicted octanol–water partition coefficient (Wildman–Crippen LogP) is 7.97. The maximum atomic E-state index is 7.19. The van der Waals surface area contributed by atoms with Crippen LogP contribution in [0.3, 0.4) is 0 Å². The Bertz CT molecular complexity index is 935. The molecule has 3 heteroatoms. The summed E-state index contributed by atoms with van der Waals surface area (Å²) in [5.74, 6) is 2.04. The molecule has 2 aliphatic heterocycles. The zero-order valence-electron chi connectivity index (χ0n) is 23.3. The van der Waals surface area contributed by atoms with Crippen LogP contribution in [0.4, 0.5) is 0 Å². The van der Waals surface area contributed by atoms with E-state index in [9.17, 15) is 0 Å². The molecule has 0 aromatic heterocycles. The average Bonchev–Trinajstić information content (AvgIpc) is 3.16. The first-order valence-corrected chi connectivity index (χ1v) is 15.1. The number of halogens is 1. The summed E-state index contributed by atoms with van der Waals surface area (Å²) in [6, 6.07) is 1.46. The molecule has 35 heavy (non-hydrogen) atoms. The largest absolute Gasteiger partial charge is 0.374 e. The van der Waals surface area contributed by atoms with Gasteiger partial charge in [0, 0.05) is 42.6 Å². The summed E-state index contributed by atoms with van der Waals surface area (Å²) in [6.07, 6.45) is 24.5. The van der Waals surface area contributed by atoms with Gasteiger partial charge in [0.25, 0.3) is 0 Å². The summed E-state index contributed by atoms with van der Waals surface area (Å²) in [4.78, 5) is 2.61. The fourth-order valence-electron chi connectivity index (χ4n) is 9.02. The van der Waals surface area contributed by atoms with Crippen LogP contribution < -0.4 is 0 Å². The van der Waals surface area contributed by atoms with Crippen LogP contribution in [-0.4, -0.2) is 46.7 Å². The molecule has 0 amide bonds. The van der Waals surface area contributed by atoms with E-state index in [1.165, 1.54) is 81.2 Å². The van der Waals surface area contributed by atoms with Crippen molar-refractivity contribution in [2.24, 2.45) is 28.6 Å². The molecule has 5 rings (SSSR count). The van der Waals surface area contributed by atoms with E-state index in [-0.39, 0.29) is 16.2 Å². The molecule has 0 aromatic rings. The minimum atomic E-state index is 0.117. The summed E-state index contributed by atoms with van der Waals surface area (Å²) in [7, 11) is 4.67. The Kier molecular flexibility index (Phi) is 7.10. The summed E-state index contributed by atoms with van der Waals surface area (Å²) < 4.78 is 2.62. The van der Waals surface area contributed by atoms with Crippen molar-refractivity contribution in [3.8, 4) is 0 Å². The Morgan fingerprint density at radius 1 is 0.857 bits per heavy atom. The molecule has 0 spiro atoms. The van der Waals surface area contributed by atoms with E-state index >= 15 is 0 Å². The highest BCUT2D eigenvalue weighted by atomic mass is 35.5. The van der Waals surface area contributed by atoms with Crippen LogP contribution in [-0.2, 0) is 0 Å². The fourth-order valence-corrected chi connectivity index (χ4v) is 9.41. The zero-order chi connectivity index (χ0) is 25.0. The summed E-state index contributed by atoms with van der Waals surface area (Å²) in [5.41, 5.74) is 5.03. The van der Waals surface area contributed by atoms with Gasteiger partial charge in [-0.1, -0.05) is 50.8 Å².